The third-order valence-corrected chi connectivity index (χ3v) is 2.29. The van der Waals surface area contributed by atoms with E-state index in [-0.39, 0.29) is 0 Å². The summed E-state index contributed by atoms with van der Waals surface area (Å²) in [7, 11) is 0. The minimum absolute atomic E-state index is 0.312. The van der Waals surface area contributed by atoms with Gasteiger partial charge in [0, 0.05) is 5.69 Å². The van der Waals surface area contributed by atoms with Crippen LogP contribution >= 0.6 is 0 Å². The van der Waals surface area contributed by atoms with Gasteiger partial charge in [0.05, 0.1) is 6.61 Å². The molecule has 6 heteroatoms. The molecule has 0 saturated carbocycles. The molecular formula is C10H8F3NO2. The molecular weight excluding hydrogens is 223 g/mol. The van der Waals surface area contributed by atoms with Crippen molar-refractivity contribution >= 4 is 11.6 Å². The first-order chi connectivity index (χ1) is 7.46. The lowest BCUT2D eigenvalue weighted by Crippen LogP contribution is -2.44. The molecule has 1 aliphatic heterocycles. The monoisotopic (exact) mass is 231 g/mol. The molecule has 1 N–H and O–H groups in total. The fourth-order valence-electron chi connectivity index (χ4n) is 1.25. The third kappa shape index (κ3) is 1.76. The highest BCUT2D eigenvalue weighted by Gasteiger charge is 2.71. The standard InChI is InChI=1S/C10H8F3NO2/c11-10(12,13)9(6-16-9)8(15)14-7-4-2-1-3-5-7/h1-5H,6H2,(H,14,15)/t9-/m1/s1. The Balaban J connectivity index is 2.11. The van der Waals surface area contributed by atoms with Crippen LogP contribution in [0.5, 0.6) is 0 Å². The van der Waals surface area contributed by atoms with E-state index in [9.17, 15) is 18.0 Å². The molecule has 1 saturated heterocycles. The van der Waals surface area contributed by atoms with Gasteiger partial charge in [0.25, 0.3) is 11.5 Å². The topological polar surface area (TPSA) is 41.6 Å². The summed E-state index contributed by atoms with van der Waals surface area (Å²) in [5.41, 5.74) is -2.34. The summed E-state index contributed by atoms with van der Waals surface area (Å²) in [4.78, 5) is 11.4. The number of halogens is 3. The van der Waals surface area contributed by atoms with Crippen molar-refractivity contribution in [3.63, 3.8) is 0 Å². The Morgan fingerprint density at radius 3 is 2.31 bits per heavy atom. The quantitative estimate of drug-likeness (QED) is 0.790. The highest BCUT2D eigenvalue weighted by molar-refractivity contribution is 5.99. The SMILES string of the molecule is O=C(Nc1ccccc1)[C@@]1(C(F)(F)F)CO1. The maximum absolute atomic E-state index is 12.5. The van der Waals surface area contributed by atoms with Gasteiger partial charge in [0.15, 0.2) is 0 Å². The van der Waals surface area contributed by atoms with Gasteiger partial charge in [-0.3, -0.25) is 4.79 Å². The number of para-hydroxylation sites is 1. The van der Waals surface area contributed by atoms with Gasteiger partial charge in [-0.25, -0.2) is 0 Å². The normalized spacial score (nSPS) is 23.9. The molecule has 3 nitrogen and oxygen atoms in total. The Kier molecular flexibility index (Phi) is 2.38. The number of ether oxygens (including phenoxy) is 1. The molecule has 0 radical (unpaired) electrons. The molecule has 86 valence electrons. The maximum atomic E-state index is 12.5. The molecule has 0 aromatic heterocycles. The minimum atomic E-state index is -4.67. The second-order valence-electron chi connectivity index (χ2n) is 3.43. The Bertz CT molecular complexity index is 398. The number of amides is 1. The van der Waals surface area contributed by atoms with E-state index in [1.165, 1.54) is 12.1 Å². The van der Waals surface area contributed by atoms with E-state index in [1.54, 1.807) is 18.2 Å². The predicted octanol–water partition coefficient (Wildman–Crippen LogP) is 1.96. The largest absolute Gasteiger partial charge is 0.429 e. The van der Waals surface area contributed by atoms with Crippen molar-refractivity contribution in [3.05, 3.63) is 30.3 Å². The summed E-state index contributed by atoms with van der Waals surface area (Å²) < 4.78 is 41.6. The molecule has 1 aliphatic rings. The van der Waals surface area contributed by atoms with Gasteiger partial charge < -0.3 is 10.1 Å². The molecule has 0 bridgehead atoms. The number of rotatable bonds is 2. The third-order valence-electron chi connectivity index (χ3n) is 2.29. The molecule has 1 heterocycles. The molecule has 0 unspecified atom stereocenters. The summed E-state index contributed by atoms with van der Waals surface area (Å²) in [6.07, 6.45) is -4.67. The number of carbonyl (C=O) groups is 1. The van der Waals surface area contributed by atoms with Crippen molar-refractivity contribution in [1.82, 2.24) is 0 Å². The number of alkyl halides is 3. The summed E-state index contributed by atoms with van der Waals surface area (Å²) in [6.45, 7) is -0.616. The van der Waals surface area contributed by atoms with Crippen LogP contribution in [0.15, 0.2) is 30.3 Å². The number of anilines is 1. The number of hydrogen-bond acceptors (Lipinski definition) is 2. The van der Waals surface area contributed by atoms with Crippen molar-refractivity contribution in [3.8, 4) is 0 Å². The summed E-state index contributed by atoms with van der Waals surface area (Å²) >= 11 is 0. The van der Waals surface area contributed by atoms with Crippen molar-refractivity contribution in [2.45, 2.75) is 11.8 Å². The van der Waals surface area contributed by atoms with E-state index in [2.05, 4.69) is 10.1 Å². The van der Waals surface area contributed by atoms with Gasteiger partial charge in [0.2, 0.25) is 0 Å². The first kappa shape index (κ1) is 10.9. The zero-order valence-corrected chi connectivity index (χ0v) is 8.04. The highest BCUT2D eigenvalue weighted by atomic mass is 19.4. The van der Waals surface area contributed by atoms with Crippen LogP contribution in [0.25, 0.3) is 0 Å². The predicted molar refractivity (Wildman–Crippen MR) is 49.8 cm³/mol. The Morgan fingerprint density at radius 2 is 1.88 bits per heavy atom. The minimum Gasteiger partial charge on any atom is -0.351 e. The van der Waals surface area contributed by atoms with Crippen LogP contribution in [0.3, 0.4) is 0 Å². The highest BCUT2D eigenvalue weighted by Crippen LogP contribution is 2.44. The van der Waals surface area contributed by atoms with Crippen molar-refractivity contribution in [1.29, 1.82) is 0 Å². The average Bonchev–Trinajstić information content (AvgIpc) is 2.98. The van der Waals surface area contributed by atoms with E-state index in [0.717, 1.165) is 0 Å². The van der Waals surface area contributed by atoms with Gasteiger partial charge in [-0.15, -0.1) is 0 Å². The van der Waals surface area contributed by atoms with Crippen LogP contribution in [0.1, 0.15) is 0 Å². The molecule has 1 amide bonds. The van der Waals surface area contributed by atoms with Crippen LogP contribution in [-0.2, 0) is 9.53 Å². The first-order valence-corrected chi connectivity index (χ1v) is 4.53. The second kappa shape index (κ2) is 3.48. The molecule has 1 fully saturated rings. The molecule has 0 spiro atoms. The molecule has 1 atom stereocenters. The molecule has 1 aromatic carbocycles. The lowest BCUT2D eigenvalue weighted by atomic mass is 10.1. The Hall–Kier alpha value is -1.56. The molecule has 16 heavy (non-hydrogen) atoms. The molecule has 2 rings (SSSR count). The van der Waals surface area contributed by atoms with E-state index in [1.807, 2.05) is 0 Å². The van der Waals surface area contributed by atoms with E-state index < -0.39 is 24.3 Å². The number of hydrogen-bond donors (Lipinski definition) is 1. The number of nitrogens with one attached hydrogen (secondary N) is 1. The van der Waals surface area contributed by atoms with Gasteiger partial charge in [-0.1, -0.05) is 18.2 Å². The van der Waals surface area contributed by atoms with Gasteiger partial charge >= 0.3 is 6.18 Å². The van der Waals surface area contributed by atoms with Gasteiger partial charge in [-0.2, -0.15) is 13.2 Å². The Morgan fingerprint density at radius 1 is 1.31 bits per heavy atom. The van der Waals surface area contributed by atoms with Gasteiger partial charge in [0.1, 0.15) is 0 Å². The number of benzene rings is 1. The van der Waals surface area contributed by atoms with Crippen molar-refractivity contribution < 1.29 is 22.7 Å². The maximum Gasteiger partial charge on any atom is 0.429 e. The van der Waals surface area contributed by atoms with Gasteiger partial charge in [-0.05, 0) is 12.1 Å². The number of carbonyl (C=O) groups excluding carboxylic acids is 1. The van der Waals surface area contributed by atoms with E-state index >= 15 is 0 Å². The van der Waals surface area contributed by atoms with Crippen LogP contribution in [0.4, 0.5) is 18.9 Å². The molecule has 0 aliphatic carbocycles. The summed E-state index contributed by atoms with van der Waals surface area (Å²) in [5.74, 6) is -1.17. The van der Waals surface area contributed by atoms with Crippen LogP contribution in [0, 0.1) is 0 Å². The zero-order valence-electron chi connectivity index (χ0n) is 8.04. The van der Waals surface area contributed by atoms with Crippen LogP contribution < -0.4 is 5.32 Å². The van der Waals surface area contributed by atoms with Crippen LogP contribution in [0.2, 0.25) is 0 Å². The summed E-state index contributed by atoms with van der Waals surface area (Å²) in [5, 5.41) is 2.17. The smallest absolute Gasteiger partial charge is 0.351 e. The summed E-state index contributed by atoms with van der Waals surface area (Å²) in [6, 6.07) is 7.94. The first-order valence-electron chi connectivity index (χ1n) is 4.53. The second-order valence-corrected chi connectivity index (χ2v) is 3.43. The van der Waals surface area contributed by atoms with Crippen LogP contribution in [-0.4, -0.2) is 24.3 Å². The zero-order chi connectivity index (χ0) is 11.8. The fourth-order valence-corrected chi connectivity index (χ4v) is 1.25. The van der Waals surface area contributed by atoms with E-state index in [4.69, 9.17) is 0 Å². The fraction of sp³-hybridized carbons (Fsp3) is 0.300. The molecule has 1 aromatic rings. The Labute approximate surface area is 89.2 Å². The van der Waals surface area contributed by atoms with E-state index in [0.29, 0.717) is 5.69 Å². The average molecular weight is 231 g/mol. The van der Waals surface area contributed by atoms with Crippen molar-refractivity contribution in [2.24, 2.45) is 0 Å². The van der Waals surface area contributed by atoms with Crippen molar-refractivity contribution in [2.75, 3.05) is 11.9 Å². The lowest BCUT2D eigenvalue weighted by Gasteiger charge is -2.15. The number of epoxide rings is 1. The lowest BCUT2D eigenvalue weighted by molar-refractivity contribution is -0.186.